The van der Waals surface area contributed by atoms with Crippen LogP contribution in [-0.4, -0.2) is 53.1 Å². The average molecular weight is 502 g/mol. The van der Waals surface area contributed by atoms with Crippen molar-refractivity contribution in [3.05, 3.63) is 58.6 Å². The highest BCUT2D eigenvalue weighted by molar-refractivity contribution is 6.34. The fraction of sp³-hybridized carbons (Fsp3) is 0.423. The lowest BCUT2D eigenvalue weighted by Gasteiger charge is -2.30. The highest BCUT2D eigenvalue weighted by Crippen LogP contribution is 2.31. The quantitative estimate of drug-likeness (QED) is 0.567. The van der Waals surface area contributed by atoms with E-state index in [0.717, 1.165) is 5.56 Å². The molecule has 0 aliphatic carbocycles. The zero-order valence-corrected chi connectivity index (χ0v) is 21.2. The second-order valence-electron chi connectivity index (χ2n) is 9.07. The minimum atomic E-state index is -1.07. The van der Waals surface area contributed by atoms with Crippen LogP contribution in [0.3, 0.4) is 0 Å². The molecule has 3 rings (SSSR count). The Kier molecular flexibility index (Phi) is 8.62. The van der Waals surface area contributed by atoms with Gasteiger partial charge in [0.25, 0.3) is 5.91 Å². The van der Waals surface area contributed by atoms with Crippen molar-refractivity contribution in [3.63, 3.8) is 0 Å². The van der Waals surface area contributed by atoms with Crippen molar-refractivity contribution in [2.75, 3.05) is 18.1 Å². The van der Waals surface area contributed by atoms with Crippen LogP contribution < -0.4 is 15.0 Å². The van der Waals surface area contributed by atoms with Crippen molar-refractivity contribution in [1.82, 2.24) is 10.2 Å². The number of carbonyl (C=O) groups excluding carboxylic acids is 2. The van der Waals surface area contributed by atoms with Gasteiger partial charge >= 0.3 is 12.0 Å². The van der Waals surface area contributed by atoms with Gasteiger partial charge in [0, 0.05) is 24.8 Å². The highest BCUT2D eigenvalue weighted by Gasteiger charge is 2.33. The number of nitrogens with zero attached hydrogens (tertiary/aromatic N) is 2. The van der Waals surface area contributed by atoms with Crippen LogP contribution in [0.4, 0.5) is 10.5 Å². The zero-order chi connectivity index (χ0) is 25.7. The van der Waals surface area contributed by atoms with Gasteiger partial charge in [-0.3, -0.25) is 4.79 Å². The fourth-order valence-electron chi connectivity index (χ4n) is 4.17. The molecule has 0 saturated heterocycles. The van der Waals surface area contributed by atoms with Crippen LogP contribution in [-0.2, 0) is 11.3 Å². The molecule has 2 aromatic carbocycles. The molecule has 0 aromatic heterocycles. The number of para-hydroxylation sites is 1. The maximum atomic E-state index is 13.6. The van der Waals surface area contributed by atoms with Crippen LogP contribution in [0.5, 0.6) is 5.75 Å². The minimum absolute atomic E-state index is 0.102. The second kappa shape index (κ2) is 11.4. The van der Waals surface area contributed by atoms with Crippen molar-refractivity contribution in [2.24, 2.45) is 5.92 Å². The van der Waals surface area contributed by atoms with Gasteiger partial charge in [0.1, 0.15) is 11.8 Å². The monoisotopic (exact) mass is 501 g/mol. The summed E-state index contributed by atoms with van der Waals surface area (Å²) in [5.41, 5.74) is 1.79. The number of carboxylic acids is 1. The Morgan fingerprint density at radius 1 is 1.20 bits per heavy atom. The Balaban J connectivity index is 1.90. The van der Waals surface area contributed by atoms with E-state index in [2.05, 4.69) is 5.32 Å². The summed E-state index contributed by atoms with van der Waals surface area (Å²) in [6.07, 6.45) is 0.320. The molecular weight excluding hydrogens is 470 g/mol. The molecule has 3 amide bonds. The molecular formula is C26H32ClN3O5. The van der Waals surface area contributed by atoms with Gasteiger partial charge in [0.15, 0.2) is 0 Å². The first kappa shape index (κ1) is 26.3. The van der Waals surface area contributed by atoms with Gasteiger partial charge in [-0.25, -0.2) is 9.59 Å². The molecule has 2 N–H and O–H groups in total. The highest BCUT2D eigenvalue weighted by atomic mass is 35.5. The van der Waals surface area contributed by atoms with E-state index in [-0.39, 0.29) is 36.0 Å². The van der Waals surface area contributed by atoms with Crippen molar-refractivity contribution < 1.29 is 24.2 Å². The fourth-order valence-corrected chi connectivity index (χ4v) is 4.42. The average Bonchev–Trinajstić information content (AvgIpc) is 2.95. The molecule has 9 heteroatoms. The van der Waals surface area contributed by atoms with Crippen molar-refractivity contribution in [1.29, 1.82) is 0 Å². The third-order valence-electron chi connectivity index (χ3n) is 5.89. The van der Waals surface area contributed by atoms with E-state index in [1.807, 2.05) is 52.0 Å². The minimum Gasteiger partial charge on any atom is -0.494 e. The summed E-state index contributed by atoms with van der Waals surface area (Å²) in [7, 11) is 0. The Labute approximate surface area is 210 Å². The summed E-state index contributed by atoms with van der Waals surface area (Å²) >= 11 is 6.43. The molecule has 0 radical (unpaired) electrons. The molecule has 1 aliphatic heterocycles. The Morgan fingerprint density at radius 2 is 1.91 bits per heavy atom. The number of hydrogen-bond donors (Lipinski definition) is 2. The maximum absolute atomic E-state index is 13.6. The van der Waals surface area contributed by atoms with Crippen LogP contribution in [0.15, 0.2) is 42.5 Å². The number of carbonyl (C=O) groups is 3. The summed E-state index contributed by atoms with van der Waals surface area (Å²) in [6.45, 7) is 8.45. The van der Waals surface area contributed by atoms with Gasteiger partial charge in [0.05, 0.1) is 17.2 Å². The number of anilines is 1. The van der Waals surface area contributed by atoms with Crippen LogP contribution in [0, 0.1) is 5.92 Å². The number of benzene rings is 2. The molecule has 0 fully saturated rings. The molecule has 0 bridgehead atoms. The van der Waals surface area contributed by atoms with E-state index in [9.17, 15) is 19.5 Å². The third kappa shape index (κ3) is 6.25. The van der Waals surface area contributed by atoms with Crippen molar-refractivity contribution >= 4 is 35.2 Å². The number of amides is 3. The molecule has 1 heterocycles. The SMILES string of the molecule is CCOc1ccc(C(=O)N2C[C@@H](C)N(C(=O)N[C@@H](CC(C)C)C(=O)O)Cc3ccccc32)c(Cl)c1. The van der Waals surface area contributed by atoms with Crippen molar-refractivity contribution in [2.45, 2.75) is 52.7 Å². The number of ether oxygens (including phenoxy) is 1. The molecule has 0 spiro atoms. The van der Waals surface area contributed by atoms with Gasteiger partial charge in [0.2, 0.25) is 0 Å². The summed E-state index contributed by atoms with van der Waals surface area (Å²) in [4.78, 5) is 41.7. The molecule has 8 nitrogen and oxygen atoms in total. The number of rotatable bonds is 7. The first-order valence-corrected chi connectivity index (χ1v) is 12.1. The van der Waals surface area contributed by atoms with Crippen LogP contribution in [0.2, 0.25) is 5.02 Å². The lowest BCUT2D eigenvalue weighted by molar-refractivity contribution is -0.139. The van der Waals surface area contributed by atoms with E-state index in [0.29, 0.717) is 30.0 Å². The normalized spacial score (nSPS) is 16.3. The molecule has 0 unspecified atom stereocenters. The lowest BCUT2D eigenvalue weighted by Crippen LogP contribution is -2.52. The molecule has 1 aliphatic rings. The van der Waals surface area contributed by atoms with Crippen LogP contribution in [0.1, 0.15) is 50.0 Å². The molecule has 2 aromatic rings. The smallest absolute Gasteiger partial charge is 0.326 e. The van der Waals surface area contributed by atoms with E-state index >= 15 is 0 Å². The second-order valence-corrected chi connectivity index (χ2v) is 9.47. The van der Waals surface area contributed by atoms with E-state index in [1.54, 1.807) is 28.0 Å². The number of halogens is 1. The van der Waals surface area contributed by atoms with E-state index < -0.39 is 18.0 Å². The maximum Gasteiger partial charge on any atom is 0.326 e. The number of urea groups is 1. The van der Waals surface area contributed by atoms with E-state index in [4.69, 9.17) is 16.3 Å². The molecule has 35 heavy (non-hydrogen) atoms. The predicted octanol–water partition coefficient (Wildman–Crippen LogP) is 4.80. The standard InChI is InChI=1S/C26H32ClN3O5/c1-5-35-19-10-11-20(21(27)13-19)24(31)30-14-17(4)29(15-18-8-6-7-9-23(18)30)26(34)28-22(25(32)33)12-16(2)3/h6-11,13,16-17,22H,5,12,14-15H2,1-4H3,(H,28,34)(H,32,33)/t17-,22+/m1/s1. The Bertz CT molecular complexity index is 1090. The molecule has 0 saturated carbocycles. The van der Waals surface area contributed by atoms with Crippen LogP contribution in [0.25, 0.3) is 0 Å². The van der Waals surface area contributed by atoms with Gasteiger partial charge < -0.3 is 25.0 Å². The third-order valence-corrected chi connectivity index (χ3v) is 6.21. The zero-order valence-electron chi connectivity index (χ0n) is 20.5. The predicted molar refractivity (Wildman–Crippen MR) is 135 cm³/mol. The number of nitrogens with one attached hydrogen (secondary N) is 1. The van der Waals surface area contributed by atoms with Crippen LogP contribution >= 0.6 is 11.6 Å². The number of fused-ring (bicyclic) bond motifs is 1. The Hall–Kier alpha value is -3.26. The van der Waals surface area contributed by atoms with Crippen molar-refractivity contribution in [3.8, 4) is 5.75 Å². The summed E-state index contributed by atoms with van der Waals surface area (Å²) in [5.74, 6) is -0.679. The van der Waals surface area contributed by atoms with Gasteiger partial charge in [-0.1, -0.05) is 43.6 Å². The van der Waals surface area contributed by atoms with E-state index in [1.165, 1.54) is 0 Å². The first-order chi connectivity index (χ1) is 16.6. The molecule has 188 valence electrons. The number of carboxylic acid groups (broad SMARTS) is 1. The molecule has 2 atom stereocenters. The van der Waals surface area contributed by atoms with Gasteiger partial charge in [-0.2, -0.15) is 0 Å². The first-order valence-electron chi connectivity index (χ1n) is 11.7. The topological polar surface area (TPSA) is 99.2 Å². The number of hydrogen-bond acceptors (Lipinski definition) is 4. The summed E-state index contributed by atoms with van der Waals surface area (Å²) in [5, 5.41) is 12.5. The van der Waals surface area contributed by atoms with Gasteiger partial charge in [-0.15, -0.1) is 0 Å². The summed E-state index contributed by atoms with van der Waals surface area (Å²) < 4.78 is 5.47. The Morgan fingerprint density at radius 3 is 2.54 bits per heavy atom. The lowest BCUT2D eigenvalue weighted by atomic mass is 10.0. The summed E-state index contributed by atoms with van der Waals surface area (Å²) in [6, 6.07) is 10.5. The van der Waals surface area contributed by atoms with Gasteiger partial charge in [-0.05, 0) is 56.0 Å². The number of aliphatic carboxylic acids is 1. The largest absolute Gasteiger partial charge is 0.494 e.